The minimum atomic E-state index is -0.347. The van der Waals surface area contributed by atoms with Gasteiger partial charge in [0.2, 0.25) is 17.6 Å². The Kier molecular flexibility index (Phi) is 7.51. The molecule has 0 bridgehead atoms. The van der Waals surface area contributed by atoms with Crippen molar-refractivity contribution in [2.45, 2.75) is 131 Å². The number of amides is 1. The van der Waals surface area contributed by atoms with Crippen LogP contribution < -0.4 is 0 Å². The fourth-order valence-electron chi connectivity index (χ4n) is 14.1. The van der Waals surface area contributed by atoms with Gasteiger partial charge in [-0.25, -0.2) is 0 Å². The summed E-state index contributed by atoms with van der Waals surface area (Å²) in [6.45, 7) is 20.2. The molecule has 5 saturated carbocycles. The first-order valence-corrected chi connectivity index (χ1v) is 19.3. The summed E-state index contributed by atoms with van der Waals surface area (Å²) < 4.78 is 5.90. The van der Waals surface area contributed by atoms with Gasteiger partial charge in [-0.1, -0.05) is 82.3 Å². The molecule has 0 radical (unpaired) electrons. The number of hydrogen-bond donors (Lipinski definition) is 1. The molecule has 1 aromatic heterocycles. The number of hydrogen-bond acceptors (Lipinski definition) is 5. The number of aliphatic hydroxyl groups is 1. The zero-order chi connectivity index (χ0) is 33.9. The highest BCUT2D eigenvalue weighted by molar-refractivity contribution is 5.84. The Bertz CT molecular complexity index is 1580. The van der Waals surface area contributed by atoms with Crippen molar-refractivity contribution in [1.29, 1.82) is 0 Å². The quantitative estimate of drug-likeness (QED) is 0.333. The van der Waals surface area contributed by atoms with Crippen LogP contribution in [-0.4, -0.2) is 38.7 Å². The Labute approximate surface area is 288 Å². The predicted molar refractivity (Wildman–Crippen MR) is 188 cm³/mol. The van der Waals surface area contributed by atoms with Crippen molar-refractivity contribution in [3.63, 3.8) is 0 Å². The van der Waals surface area contributed by atoms with Crippen LogP contribution in [-0.2, 0) is 4.79 Å². The van der Waals surface area contributed by atoms with E-state index in [9.17, 15) is 5.11 Å². The van der Waals surface area contributed by atoms with Crippen LogP contribution in [0.5, 0.6) is 0 Å². The van der Waals surface area contributed by atoms with Gasteiger partial charge in [-0.15, -0.1) is 0 Å². The summed E-state index contributed by atoms with van der Waals surface area (Å²) in [7, 11) is 0. The molecular weight excluding hydrogens is 594 g/mol. The molecule has 2 aromatic rings. The van der Waals surface area contributed by atoms with E-state index in [-0.39, 0.29) is 39.2 Å². The Morgan fingerprint density at radius 3 is 2.42 bits per heavy atom. The third-order valence-electron chi connectivity index (χ3n) is 16.7. The van der Waals surface area contributed by atoms with Crippen molar-refractivity contribution in [2.24, 2.45) is 56.7 Å². The van der Waals surface area contributed by atoms with E-state index in [1.165, 1.54) is 31.3 Å². The van der Waals surface area contributed by atoms with Crippen LogP contribution in [0.3, 0.4) is 0 Å². The van der Waals surface area contributed by atoms with Gasteiger partial charge in [-0.2, -0.15) is 4.98 Å². The van der Waals surface area contributed by atoms with Crippen molar-refractivity contribution in [2.75, 3.05) is 6.54 Å². The summed E-state index contributed by atoms with van der Waals surface area (Å²) in [5.41, 5.74) is 2.48. The van der Waals surface area contributed by atoms with E-state index < -0.39 is 0 Å². The van der Waals surface area contributed by atoms with Crippen molar-refractivity contribution in [1.82, 2.24) is 15.0 Å². The summed E-state index contributed by atoms with van der Waals surface area (Å²) in [4.78, 5) is 22.3. The second kappa shape index (κ2) is 11.0. The standard InChI is InChI=1S/C42H59N3O3/c1-26(2)28-17-22-42(37(47)45-25-11-14-30(45)36-43-35(44-48-36)27-12-9-8-10-13-27)24-23-40(6)29(34(28)42)15-16-32-39(5)20-19-33(46)38(3,4)31(39)18-21-41(32,40)7/h8-10,12-13,28-34,46H,1,11,14-25H2,2-7H3. The van der Waals surface area contributed by atoms with E-state index in [1.807, 2.05) is 30.3 Å². The number of rotatable bonds is 4. The first kappa shape index (κ1) is 32.7. The number of benzene rings is 1. The fraction of sp³-hybridized carbons (Fsp3) is 0.738. The van der Waals surface area contributed by atoms with E-state index in [2.05, 4.69) is 58.2 Å². The third-order valence-corrected chi connectivity index (χ3v) is 16.7. The fourth-order valence-corrected chi connectivity index (χ4v) is 14.1. The lowest BCUT2D eigenvalue weighted by atomic mass is 9.32. The number of carbonyl (C=O) groups is 1. The van der Waals surface area contributed by atoms with Crippen LogP contribution in [0.4, 0.5) is 0 Å². The van der Waals surface area contributed by atoms with Gasteiger partial charge in [-0.05, 0) is 135 Å². The van der Waals surface area contributed by atoms with E-state index in [0.717, 1.165) is 63.5 Å². The molecule has 1 saturated heterocycles. The zero-order valence-corrected chi connectivity index (χ0v) is 30.4. The van der Waals surface area contributed by atoms with Crippen LogP contribution in [0, 0.1) is 56.7 Å². The van der Waals surface area contributed by atoms with Crippen molar-refractivity contribution in [3.05, 3.63) is 48.4 Å². The number of aliphatic hydroxyl groups excluding tert-OH is 1. The van der Waals surface area contributed by atoms with Gasteiger partial charge in [0, 0.05) is 12.1 Å². The molecule has 6 heteroatoms. The molecule has 1 aromatic carbocycles. The lowest BCUT2D eigenvalue weighted by molar-refractivity contribution is -0.247. The molecule has 11 unspecified atom stereocenters. The van der Waals surface area contributed by atoms with Crippen LogP contribution in [0.15, 0.2) is 47.0 Å². The molecular formula is C42H59N3O3. The largest absolute Gasteiger partial charge is 0.393 e. The Balaban J connectivity index is 1.12. The lowest BCUT2D eigenvalue weighted by Gasteiger charge is -2.73. The number of allylic oxidation sites excluding steroid dienone is 1. The lowest BCUT2D eigenvalue weighted by Crippen LogP contribution is -2.67. The monoisotopic (exact) mass is 653 g/mol. The van der Waals surface area contributed by atoms with Gasteiger partial charge >= 0.3 is 0 Å². The van der Waals surface area contributed by atoms with Gasteiger partial charge in [0.25, 0.3) is 0 Å². The maximum absolute atomic E-state index is 15.3. The number of fused-ring (bicyclic) bond motifs is 7. The molecule has 1 amide bonds. The maximum Gasteiger partial charge on any atom is 0.249 e. The second-order valence-corrected chi connectivity index (χ2v) is 18.7. The molecule has 6 nitrogen and oxygen atoms in total. The minimum absolute atomic E-state index is 0.0385. The molecule has 1 aliphatic heterocycles. The molecule has 5 aliphatic carbocycles. The molecule has 260 valence electrons. The van der Waals surface area contributed by atoms with Gasteiger partial charge in [0.15, 0.2) is 0 Å². The van der Waals surface area contributed by atoms with Gasteiger partial charge in [0.05, 0.1) is 11.5 Å². The van der Waals surface area contributed by atoms with Crippen LogP contribution in [0.25, 0.3) is 11.4 Å². The summed E-state index contributed by atoms with van der Waals surface area (Å²) in [5.74, 6) is 3.99. The molecule has 2 heterocycles. The van der Waals surface area contributed by atoms with Crippen LogP contribution >= 0.6 is 0 Å². The van der Waals surface area contributed by atoms with E-state index in [4.69, 9.17) is 9.51 Å². The molecule has 6 aliphatic rings. The van der Waals surface area contributed by atoms with Gasteiger partial charge in [0.1, 0.15) is 6.04 Å². The van der Waals surface area contributed by atoms with Crippen molar-refractivity contribution < 1.29 is 14.4 Å². The van der Waals surface area contributed by atoms with E-state index >= 15 is 4.79 Å². The topological polar surface area (TPSA) is 79.5 Å². The average molecular weight is 654 g/mol. The first-order valence-electron chi connectivity index (χ1n) is 19.3. The van der Waals surface area contributed by atoms with Crippen LogP contribution in [0.2, 0.25) is 0 Å². The highest BCUT2D eigenvalue weighted by atomic mass is 16.5. The Morgan fingerprint density at radius 2 is 1.67 bits per heavy atom. The smallest absolute Gasteiger partial charge is 0.249 e. The molecule has 6 fully saturated rings. The number of nitrogens with zero attached hydrogens (tertiary/aromatic N) is 3. The summed E-state index contributed by atoms with van der Waals surface area (Å²) in [5, 5.41) is 15.5. The van der Waals surface area contributed by atoms with E-state index in [1.54, 1.807) is 0 Å². The van der Waals surface area contributed by atoms with Crippen molar-refractivity contribution >= 4 is 5.91 Å². The number of aromatic nitrogens is 2. The molecule has 8 rings (SSSR count). The number of likely N-dealkylation sites (tertiary alicyclic amines) is 1. The Morgan fingerprint density at radius 1 is 0.896 bits per heavy atom. The Hall–Kier alpha value is -2.47. The molecule has 0 spiro atoms. The van der Waals surface area contributed by atoms with Crippen LogP contribution in [0.1, 0.15) is 131 Å². The third kappa shape index (κ3) is 4.29. The molecule has 1 N–H and O–H groups in total. The normalized spacial score (nSPS) is 44.7. The average Bonchev–Trinajstić information content (AvgIpc) is 3.82. The predicted octanol–water partition coefficient (Wildman–Crippen LogP) is 9.42. The van der Waals surface area contributed by atoms with Gasteiger partial charge < -0.3 is 14.5 Å². The second-order valence-electron chi connectivity index (χ2n) is 18.7. The molecule has 48 heavy (non-hydrogen) atoms. The zero-order valence-electron chi connectivity index (χ0n) is 30.4. The van der Waals surface area contributed by atoms with E-state index in [0.29, 0.717) is 47.2 Å². The SMILES string of the molecule is C=C(C)C1CCC2(C(=O)N3CCCC3c3nc(-c4ccccc4)no3)CCC3(C)C(CCC4C5(C)CCC(O)C(C)(C)C5CCC43C)C12. The maximum atomic E-state index is 15.3. The summed E-state index contributed by atoms with van der Waals surface area (Å²) >= 11 is 0. The summed E-state index contributed by atoms with van der Waals surface area (Å²) in [6.07, 6.45) is 12.7. The van der Waals surface area contributed by atoms with Gasteiger partial charge in [-0.3, -0.25) is 4.79 Å². The highest BCUT2D eigenvalue weighted by Crippen LogP contribution is 2.77. The summed E-state index contributed by atoms with van der Waals surface area (Å²) in [6, 6.07) is 9.84. The number of carbonyl (C=O) groups excluding carboxylic acids is 1. The minimum Gasteiger partial charge on any atom is -0.393 e. The van der Waals surface area contributed by atoms with Crippen molar-refractivity contribution in [3.8, 4) is 11.4 Å². The first-order chi connectivity index (χ1) is 22.8. The highest BCUT2D eigenvalue weighted by Gasteiger charge is 2.72. The molecule has 11 atom stereocenters.